The van der Waals surface area contributed by atoms with Crippen LogP contribution in [0.2, 0.25) is 0 Å². The molecule has 17 heavy (non-hydrogen) atoms. The van der Waals surface area contributed by atoms with Gasteiger partial charge in [0, 0.05) is 13.2 Å². The fourth-order valence-corrected chi connectivity index (χ4v) is 1.97. The monoisotopic (exact) mass is 241 g/mol. The number of hydrogen-bond donors (Lipinski definition) is 2. The lowest BCUT2D eigenvalue weighted by atomic mass is 9.98. The molecule has 1 saturated carbocycles. The van der Waals surface area contributed by atoms with E-state index in [0.717, 1.165) is 20.0 Å². The van der Waals surface area contributed by atoms with E-state index in [1.165, 1.54) is 31.4 Å². The highest BCUT2D eigenvalue weighted by Gasteiger charge is 2.16. The summed E-state index contributed by atoms with van der Waals surface area (Å²) in [4.78, 5) is 0. The SMILES string of the molecule is CO.Nc1ccc(F)cc1OC1CCCCC1. The molecule has 0 saturated heterocycles. The minimum absolute atomic E-state index is 0.211. The van der Waals surface area contributed by atoms with Crippen molar-refractivity contribution in [2.24, 2.45) is 0 Å². The molecular weight excluding hydrogens is 221 g/mol. The molecule has 0 spiro atoms. The van der Waals surface area contributed by atoms with E-state index in [1.807, 2.05) is 0 Å². The molecule has 0 amide bonds. The van der Waals surface area contributed by atoms with E-state index in [4.69, 9.17) is 15.6 Å². The fraction of sp³-hybridized carbons (Fsp3) is 0.538. The maximum atomic E-state index is 13.0. The molecule has 0 bridgehead atoms. The van der Waals surface area contributed by atoms with Crippen LogP contribution in [0.1, 0.15) is 32.1 Å². The van der Waals surface area contributed by atoms with E-state index >= 15 is 0 Å². The molecule has 2 rings (SSSR count). The lowest BCUT2D eigenvalue weighted by molar-refractivity contribution is 0.155. The van der Waals surface area contributed by atoms with Crippen molar-refractivity contribution in [1.82, 2.24) is 0 Å². The number of ether oxygens (including phenoxy) is 1. The molecule has 0 aliphatic heterocycles. The first-order valence-electron chi connectivity index (χ1n) is 5.92. The van der Waals surface area contributed by atoms with Crippen molar-refractivity contribution in [3.8, 4) is 5.75 Å². The Morgan fingerprint density at radius 1 is 1.24 bits per heavy atom. The number of benzene rings is 1. The highest BCUT2D eigenvalue weighted by atomic mass is 19.1. The summed E-state index contributed by atoms with van der Waals surface area (Å²) >= 11 is 0. The van der Waals surface area contributed by atoms with Crippen LogP contribution in [0.25, 0.3) is 0 Å². The number of nitrogens with two attached hydrogens (primary N) is 1. The number of hydrogen-bond acceptors (Lipinski definition) is 3. The van der Waals surface area contributed by atoms with Gasteiger partial charge in [0.1, 0.15) is 11.6 Å². The predicted octanol–water partition coefficient (Wildman–Crippen LogP) is 2.73. The van der Waals surface area contributed by atoms with Crippen LogP contribution < -0.4 is 10.5 Å². The van der Waals surface area contributed by atoms with Crippen molar-refractivity contribution < 1.29 is 14.2 Å². The summed E-state index contributed by atoms with van der Waals surface area (Å²) in [6.45, 7) is 0. The molecule has 1 aliphatic rings. The van der Waals surface area contributed by atoms with Crippen molar-refractivity contribution >= 4 is 5.69 Å². The van der Waals surface area contributed by atoms with E-state index in [-0.39, 0.29) is 11.9 Å². The molecule has 1 fully saturated rings. The van der Waals surface area contributed by atoms with Gasteiger partial charge < -0.3 is 15.6 Å². The highest BCUT2D eigenvalue weighted by molar-refractivity contribution is 5.52. The third-order valence-corrected chi connectivity index (χ3v) is 2.82. The third-order valence-electron chi connectivity index (χ3n) is 2.82. The van der Waals surface area contributed by atoms with E-state index in [0.29, 0.717) is 11.4 Å². The minimum atomic E-state index is -0.296. The van der Waals surface area contributed by atoms with Crippen molar-refractivity contribution in [3.05, 3.63) is 24.0 Å². The van der Waals surface area contributed by atoms with Gasteiger partial charge in [0.05, 0.1) is 11.8 Å². The van der Waals surface area contributed by atoms with Gasteiger partial charge in [-0.3, -0.25) is 0 Å². The van der Waals surface area contributed by atoms with Crippen LogP contribution in [0.5, 0.6) is 5.75 Å². The Labute approximate surface area is 101 Å². The lowest BCUT2D eigenvalue weighted by Crippen LogP contribution is -2.20. The molecular formula is C13H20FNO2. The van der Waals surface area contributed by atoms with E-state index in [2.05, 4.69) is 0 Å². The number of aliphatic hydroxyl groups is 1. The molecule has 1 aliphatic carbocycles. The fourth-order valence-electron chi connectivity index (χ4n) is 1.97. The Bertz CT molecular complexity index is 338. The molecule has 0 aromatic heterocycles. The number of aliphatic hydroxyl groups excluding tert-OH is 1. The summed E-state index contributed by atoms with van der Waals surface area (Å²) in [5, 5.41) is 7.00. The summed E-state index contributed by atoms with van der Waals surface area (Å²) in [5.74, 6) is 0.192. The topological polar surface area (TPSA) is 55.5 Å². The average molecular weight is 241 g/mol. The minimum Gasteiger partial charge on any atom is -0.488 e. The molecule has 0 unspecified atom stereocenters. The zero-order chi connectivity index (χ0) is 12.7. The van der Waals surface area contributed by atoms with Crippen LogP contribution >= 0.6 is 0 Å². The first-order chi connectivity index (χ1) is 8.25. The summed E-state index contributed by atoms with van der Waals surface area (Å²) in [6, 6.07) is 4.26. The number of nitrogen functional groups attached to an aromatic ring is 1. The van der Waals surface area contributed by atoms with Gasteiger partial charge >= 0.3 is 0 Å². The van der Waals surface area contributed by atoms with Gasteiger partial charge in [0.2, 0.25) is 0 Å². The van der Waals surface area contributed by atoms with Gasteiger partial charge in [-0.15, -0.1) is 0 Å². The van der Waals surface area contributed by atoms with Crippen LogP contribution in [-0.2, 0) is 0 Å². The zero-order valence-corrected chi connectivity index (χ0v) is 10.2. The van der Waals surface area contributed by atoms with Gasteiger partial charge in [0.25, 0.3) is 0 Å². The average Bonchev–Trinajstić information content (AvgIpc) is 2.38. The highest BCUT2D eigenvalue weighted by Crippen LogP contribution is 2.27. The van der Waals surface area contributed by atoms with Crippen LogP contribution in [0.4, 0.5) is 10.1 Å². The molecule has 3 nitrogen and oxygen atoms in total. The first kappa shape index (κ1) is 13.8. The number of halogens is 1. The second-order valence-electron chi connectivity index (χ2n) is 4.06. The van der Waals surface area contributed by atoms with Crippen LogP contribution in [0.15, 0.2) is 18.2 Å². The second-order valence-corrected chi connectivity index (χ2v) is 4.06. The molecule has 3 N–H and O–H groups in total. The molecule has 0 atom stereocenters. The van der Waals surface area contributed by atoms with Crippen molar-refractivity contribution in [3.63, 3.8) is 0 Å². The van der Waals surface area contributed by atoms with Gasteiger partial charge in [-0.25, -0.2) is 4.39 Å². The van der Waals surface area contributed by atoms with E-state index < -0.39 is 0 Å². The Morgan fingerprint density at radius 3 is 2.53 bits per heavy atom. The van der Waals surface area contributed by atoms with Crippen molar-refractivity contribution in [2.45, 2.75) is 38.2 Å². The maximum Gasteiger partial charge on any atom is 0.145 e. The largest absolute Gasteiger partial charge is 0.488 e. The van der Waals surface area contributed by atoms with Gasteiger partial charge in [-0.05, 0) is 37.8 Å². The molecule has 1 aromatic rings. The third kappa shape index (κ3) is 4.23. The molecule has 0 heterocycles. The van der Waals surface area contributed by atoms with Gasteiger partial charge in [0.15, 0.2) is 0 Å². The molecule has 0 radical (unpaired) electrons. The standard InChI is InChI=1S/C12H16FNO.CH4O/c13-9-6-7-11(14)12(8-9)15-10-4-2-1-3-5-10;1-2/h6-8,10H,1-5,14H2;2H,1H3. The van der Waals surface area contributed by atoms with Crippen LogP contribution in [0.3, 0.4) is 0 Å². The second kappa shape index (κ2) is 7.12. The summed E-state index contributed by atoms with van der Waals surface area (Å²) in [7, 11) is 1.00. The Morgan fingerprint density at radius 2 is 1.88 bits per heavy atom. The first-order valence-corrected chi connectivity index (χ1v) is 5.92. The normalized spacial score (nSPS) is 15.9. The van der Waals surface area contributed by atoms with Gasteiger partial charge in [-0.1, -0.05) is 6.42 Å². The maximum absolute atomic E-state index is 13.0. The van der Waals surface area contributed by atoms with E-state index in [1.54, 1.807) is 6.07 Å². The van der Waals surface area contributed by atoms with Crippen molar-refractivity contribution in [1.29, 1.82) is 0 Å². The quantitative estimate of drug-likeness (QED) is 0.783. The number of rotatable bonds is 2. The van der Waals surface area contributed by atoms with Crippen LogP contribution in [0, 0.1) is 5.82 Å². The summed E-state index contributed by atoms with van der Waals surface area (Å²) < 4.78 is 18.7. The zero-order valence-electron chi connectivity index (χ0n) is 10.2. The van der Waals surface area contributed by atoms with Crippen molar-refractivity contribution in [2.75, 3.05) is 12.8 Å². The molecule has 96 valence electrons. The summed E-state index contributed by atoms with van der Waals surface area (Å²) in [5.41, 5.74) is 6.23. The predicted molar refractivity (Wildman–Crippen MR) is 66.5 cm³/mol. The smallest absolute Gasteiger partial charge is 0.145 e. The van der Waals surface area contributed by atoms with E-state index in [9.17, 15) is 4.39 Å². The Balaban J connectivity index is 0.000000686. The molecule has 1 aromatic carbocycles. The number of anilines is 1. The Kier molecular flexibility index (Phi) is 5.77. The van der Waals surface area contributed by atoms with Gasteiger partial charge in [-0.2, -0.15) is 0 Å². The molecule has 4 heteroatoms. The summed E-state index contributed by atoms with van der Waals surface area (Å²) in [6.07, 6.45) is 5.98. The van der Waals surface area contributed by atoms with Crippen LogP contribution in [-0.4, -0.2) is 18.3 Å². The Hall–Kier alpha value is -1.29. The lowest BCUT2D eigenvalue weighted by Gasteiger charge is -2.23.